The monoisotopic (exact) mass is 421 g/mol. The summed E-state index contributed by atoms with van der Waals surface area (Å²) in [5.41, 5.74) is 3.62. The van der Waals surface area contributed by atoms with Crippen molar-refractivity contribution in [3.63, 3.8) is 0 Å². The summed E-state index contributed by atoms with van der Waals surface area (Å²) in [6, 6.07) is 21.8. The number of methoxy groups -OCH3 is 1. The molecule has 4 aromatic rings. The first-order chi connectivity index (χ1) is 14.7. The summed E-state index contributed by atoms with van der Waals surface area (Å²) in [6.45, 7) is 2.51. The SMILES string of the molecule is COc1ccc(-c2ccc(CNCCCNc3nsc4c(F)cccc34)cc2)cc1. The van der Waals surface area contributed by atoms with Crippen molar-refractivity contribution >= 4 is 27.4 Å². The maximum absolute atomic E-state index is 13.7. The van der Waals surface area contributed by atoms with Gasteiger partial charge in [-0.15, -0.1) is 0 Å². The predicted molar refractivity (Wildman–Crippen MR) is 123 cm³/mol. The van der Waals surface area contributed by atoms with E-state index in [4.69, 9.17) is 4.74 Å². The van der Waals surface area contributed by atoms with Crippen molar-refractivity contribution in [2.24, 2.45) is 0 Å². The zero-order valence-corrected chi connectivity index (χ0v) is 17.6. The standard InChI is InChI=1S/C24H24FN3OS/c1-29-20-12-10-19(11-13-20)18-8-6-17(7-9-18)16-26-14-3-15-27-24-21-4-2-5-22(25)23(21)30-28-24/h2,4-13,26H,3,14-16H2,1H3,(H,27,28). The number of fused-ring (bicyclic) bond motifs is 1. The van der Waals surface area contributed by atoms with Crippen LogP contribution in [0, 0.1) is 5.82 Å². The molecule has 0 saturated carbocycles. The number of nitrogens with one attached hydrogen (secondary N) is 2. The Bertz CT molecular complexity index is 1090. The van der Waals surface area contributed by atoms with Gasteiger partial charge in [-0.3, -0.25) is 0 Å². The first-order valence-corrected chi connectivity index (χ1v) is 10.7. The lowest BCUT2D eigenvalue weighted by atomic mass is 10.0. The molecule has 4 nitrogen and oxygen atoms in total. The quantitative estimate of drug-likeness (QED) is 0.340. The van der Waals surface area contributed by atoms with Crippen molar-refractivity contribution in [3.05, 3.63) is 78.1 Å². The third kappa shape index (κ3) is 4.78. The maximum atomic E-state index is 13.7. The highest BCUT2D eigenvalue weighted by atomic mass is 32.1. The van der Waals surface area contributed by atoms with Gasteiger partial charge in [0.1, 0.15) is 17.4 Å². The van der Waals surface area contributed by atoms with Gasteiger partial charge in [0.2, 0.25) is 0 Å². The molecule has 0 saturated heterocycles. The number of rotatable bonds is 9. The van der Waals surface area contributed by atoms with Crippen LogP contribution in [0.1, 0.15) is 12.0 Å². The summed E-state index contributed by atoms with van der Waals surface area (Å²) < 4.78 is 23.9. The van der Waals surface area contributed by atoms with Crippen LogP contribution in [-0.2, 0) is 6.54 Å². The van der Waals surface area contributed by atoms with Crippen molar-refractivity contribution in [3.8, 4) is 16.9 Å². The molecular formula is C24H24FN3OS. The van der Waals surface area contributed by atoms with E-state index in [1.165, 1.54) is 34.3 Å². The molecule has 0 unspecified atom stereocenters. The third-order valence-corrected chi connectivity index (χ3v) is 5.85. The van der Waals surface area contributed by atoms with E-state index in [0.29, 0.717) is 4.70 Å². The number of halogens is 1. The van der Waals surface area contributed by atoms with Gasteiger partial charge in [0.15, 0.2) is 0 Å². The fourth-order valence-corrected chi connectivity index (χ4v) is 4.07. The van der Waals surface area contributed by atoms with Crippen molar-refractivity contribution in [2.45, 2.75) is 13.0 Å². The van der Waals surface area contributed by atoms with E-state index in [1.54, 1.807) is 13.2 Å². The summed E-state index contributed by atoms with van der Waals surface area (Å²) in [5, 5.41) is 7.63. The van der Waals surface area contributed by atoms with Gasteiger partial charge in [0.25, 0.3) is 0 Å². The second-order valence-electron chi connectivity index (χ2n) is 7.03. The molecule has 2 N–H and O–H groups in total. The van der Waals surface area contributed by atoms with E-state index >= 15 is 0 Å². The molecule has 1 aromatic heterocycles. The molecule has 30 heavy (non-hydrogen) atoms. The average molecular weight is 422 g/mol. The predicted octanol–water partition coefficient (Wildman–Crippen LogP) is 5.70. The molecule has 0 radical (unpaired) electrons. The number of hydrogen-bond acceptors (Lipinski definition) is 5. The van der Waals surface area contributed by atoms with Gasteiger partial charge in [-0.1, -0.05) is 42.5 Å². The highest BCUT2D eigenvalue weighted by Gasteiger charge is 2.08. The molecule has 0 aliphatic carbocycles. The minimum Gasteiger partial charge on any atom is -0.497 e. The fraction of sp³-hybridized carbons (Fsp3) is 0.208. The van der Waals surface area contributed by atoms with Crippen LogP contribution in [0.25, 0.3) is 21.2 Å². The van der Waals surface area contributed by atoms with Gasteiger partial charge in [0, 0.05) is 18.5 Å². The Balaban J connectivity index is 1.20. The van der Waals surface area contributed by atoms with E-state index < -0.39 is 0 Å². The molecule has 0 atom stereocenters. The highest BCUT2D eigenvalue weighted by Crippen LogP contribution is 2.28. The molecule has 6 heteroatoms. The topological polar surface area (TPSA) is 46.2 Å². The Hall–Kier alpha value is -2.96. The van der Waals surface area contributed by atoms with E-state index in [0.717, 1.165) is 43.0 Å². The van der Waals surface area contributed by atoms with Crippen molar-refractivity contribution in [1.29, 1.82) is 0 Å². The zero-order valence-electron chi connectivity index (χ0n) is 16.8. The number of ether oxygens (including phenoxy) is 1. The normalized spacial score (nSPS) is 11.0. The highest BCUT2D eigenvalue weighted by molar-refractivity contribution is 7.13. The molecule has 154 valence electrons. The molecule has 3 aromatic carbocycles. The first kappa shape index (κ1) is 20.3. The van der Waals surface area contributed by atoms with Gasteiger partial charge in [-0.05, 0) is 65.5 Å². The second kappa shape index (κ2) is 9.69. The minimum absolute atomic E-state index is 0.210. The zero-order chi connectivity index (χ0) is 20.8. The average Bonchev–Trinajstić information content (AvgIpc) is 3.21. The number of nitrogens with zero attached hydrogens (tertiary/aromatic N) is 1. The van der Waals surface area contributed by atoms with Crippen LogP contribution in [0.15, 0.2) is 66.7 Å². The van der Waals surface area contributed by atoms with Crippen LogP contribution in [0.3, 0.4) is 0 Å². The molecule has 0 fully saturated rings. The summed E-state index contributed by atoms with van der Waals surface area (Å²) in [6.07, 6.45) is 0.957. The van der Waals surface area contributed by atoms with E-state index in [2.05, 4.69) is 51.4 Å². The van der Waals surface area contributed by atoms with Crippen molar-refractivity contribution in [1.82, 2.24) is 9.69 Å². The molecule has 0 spiro atoms. The van der Waals surface area contributed by atoms with Gasteiger partial charge in [-0.2, -0.15) is 4.37 Å². The van der Waals surface area contributed by atoms with Gasteiger partial charge < -0.3 is 15.4 Å². The van der Waals surface area contributed by atoms with E-state index in [-0.39, 0.29) is 5.82 Å². The Labute approximate surface area is 179 Å². The van der Waals surface area contributed by atoms with Crippen molar-refractivity contribution < 1.29 is 9.13 Å². The number of aromatic nitrogens is 1. The Morgan fingerprint density at radius 3 is 2.40 bits per heavy atom. The molecule has 0 aliphatic rings. The van der Waals surface area contributed by atoms with E-state index in [9.17, 15) is 4.39 Å². The van der Waals surface area contributed by atoms with Crippen molar-refractivity contribution in [2.75, 3.05) is 25.5 Å². The van der Waals surface area contributed by atoms with Crippen LogP contribution < -0.4 is 15.4 Å². The summed E-state index contributed by atoms with van der Waals surface area (Å²) in [7, 11) is 1.68. The van der Waals surface area contributed by atoms with Gasteiger partial charge in [-0.25, -0.2) is 4.39 Å². The molecule has 0 amide bonds. The fourth-order valence-electron chi connectivity index (χ4n) is 3.31. The van der Waals surface area contributed by atoms with Crippen LogP contribution in [0.2, 0.25) is 0 Å². The Kier molecular flexibility index (Phi) is 6.57. The lowest BCUT2D eigenvalue weighted by Crippen LogP contribution is -2.17. The smallest absolute Gasteiger partial charge is 0.147 e. The Morgan fingerprint density at radius 2 is 1.67 bits per heavy atom. The summed E-state index contributed by atoms with van der Waals surface area (Å²) in [4.78, 5) is 0. The molecule has 0 aliphatic heterocycles. The summed E-state index contributed by atoms with van der Waals surface area (Å²) >= 11 is 1.20. The summed E-state index contributed by atoms with van der Waals surface area (Å²) in [5.74, 6) is 1.42. The number of anilines is 1. The van der Waals surface area contributed by atoms with Crippen LogP contribution in [0.4, 0.5) is 10.2 Å². The molecule has 0 bridgehead atoms. The van der Waals surface area contributed by atoms with Crippen LogP contribution >= 0.6 is 11.5 Å². The van der Waals surface area contributed by atoms with Gasteiger partial charge in [0.05, 0.1) is 11.8 Å². The molecule has 4 rings (SSSR count). The van der Waals surface area contributed by atoms with Gasteiger partial charge >= 0.3 is 0 Å². The lowest BCUT2D eigenvalue weighted by Gasteiger charge is -2.08. The number of benzene rings is 3. The second-order valence-corrected chi connectivity index (χ2v) is 7.80. The van der Waals surface area contributed by atoms with E-state index in [1.807, 2.05) is 18.2 Å². The third-order valence-electron chi connectivity index (χ3n) is 4.98. The largest absolute Gasteiger partial charge is 0.497 e. The Morgan fingerprint density at radius 1 is 0.933 bits per heavy atom. The minimum atomic E-state index is -0.210. The maximum Gasteiger partial charge on any atom is 0.147 e. The molecule has 1 heterocycles. The van der Waals surface area contributed by atoms with Crippen LogP contribution in [0.5, 0.6) is 5.75 Å². The van der Waals surface area contributed by atoms with Crippen LogP contribution in [-0.4, -0.2) is 24.6 Å². The number of hydrogen-bond donors (Lipinski definition) is 2. The lowest BCUT2D eigenvalue weighted by molar-refractivity contribution is 0.415. The first-order valence-electron chi connectivity index (χ1n) is 9.96. The molecular weight excluding hydrogens is 397 g/mol.